The summed E-state index contributed by atoms with van der Waals surface area (Å²) in [6.45, 7) is 8.83. The number of nitrogens with one attached hydrogen (secondary N) is 1. The summed E-state index contributed by atoms with van der Waals surface area (Å²) in [6.07, 6.45) is 3.26. The van der Waals surface area contributed by atoms with Crippen molar-refractivity contribution in [1.82, 2.24) is 15.1 Å². The van der Waals surface area contributed by atoms with Gasteiger partial charge in [-0.05, 0) is 43.9 Å². The van der Waals surface area contributed by atoms with Crippen LogP contribution in [0.2, 0.25) is 0 Å². The van der Waals surface area contributed by atoms with Crippen molar-refractivity contribution >= 4 is 33.7 Å². The first-order chi connectivity index (χ1) is 11.6. The fourth-order valence-corrected chi connectivity index (χ4v) is 4.84. The lowest BCUT2D eigenvalue weighted by Crippen LogP contribution is -2.26. The van der Waals surface area contributed by atoms with Gasteiger partial charge >= 0.3 is 0 Å². The molecular formula is C17H24N4OS2. The van der Waals surface area contributed by atoms with Crippen molar-refractivity contribution in [1.29, 1.82) is 0 Å². The first kappa shape index (κ1) is 17.5. The van der Waals surface area contributed by atoms with Crippen LogP contribution in [-0.4, -0.2) is 34.1 Å². The van der Waals surface area contributed by atoms with E-state index in [1.165, 1.54) is 29.1 Å². The molecule has 1 saturated heterocycles. The first-order valence-corrected chi connectivity index (χ1v) is 10.2. The van der Waals surface area contributed by atoms with E-state index in [1.54, 1.807) is 11.3 Å². The maximum atomic E-state index is 12.4. The van der Waals surface area contributed by atoms with Gasteiger partial charge in [0.2, 0.25) is 5.13 Å². The average Bonchev–Trinajstić information content (AvgIpc) is 3.25. The van der Waals surface area contributed by atoms with E-state index in [0.717, 1.165) is 29.4 Å². The highest BCUT2D eigenvalue weighted by Gasteiger charge is 2.28. The SMILES string of the molecule is CCc1nnc(NC(=O)c2ccc([C@H]3CCCN3CC(C)C)s2)s1. The summed E-state index contributed by atoms with van der Waals surface area (Å²) in [7, 11) is 0. The van der Waals surface area contributed by atoms with Gasteiger partial charge in [-0.2, -0.15) is 0 Å². The van der Waals surface area contributed by atoms with E-state index in [9.17, 15) is 4.79 Å². The minimum atomic E-state index is -0.0848. The Morgan fingerprint density at radius 3 is 2.92 bits per heavy atom. The Labute approximate surface area is 151 Å². The number of hydrogen-bond acceptors (Lipinski definition) is 6. The van der Waals surface area contributed by atoms with Gasteiger partial charge in [0.1, 0.15) is 5.01 Å². The lowest BCUT2D eigenvalue weighted by molar-refractivity contribution is 0.103. The van der Waals surface area contributed by atoms with Crippen molar-refractivity contribution < 1.29 is 4.79 Å². The molecule has 2 aromatic rings. The predicted molar refractivity (Wildman–Crippen MR) is 99.9 cm³/mol. The lowest BCUT2D eigenvalue weighted by atomic mass is 10.1. The topological polar surface area (TPSA) is 58.1 Å². The van der Waals surface area contributed by atoms with E-state index in [-0.39, 0.29) is 5.91 Å². The molecule has 1 aliphatic heterocycles. The minimum Gasteiger partial charge on any atom is -0.296 e. The molecule has 0 saturated carbocycles. The van der Waals surface area contributed by atoms with Crippen LogP contribution in [0, 0.1) is 5.92 Å². The number of carbonyl (C=O) groups excluding carboxylic acids is 1. The summed E-state index contributed by atoms with van der Waals surface area (Å²) in [5.41, 5.74) is 0. The average molecular weight is 365 g/mol. The number of thiophene rings is 1. The number of likely N-dealkylation sites (tertiary alicyclic amines) is 1. The molecule has 1 amide bonds. The van der Waals surface area contributed by atoms with E-state index in [0.29, 0.717) is 17.1 Å². The fraction of sp³-hybridized carbons (Fsp3) is 0.588. The third-order valence-corrected chi connectivity index (χ3v) is 6.30. The number of rotatable bonds is 6. The zero-order valence-electron chi connectivity index (χ0n) is 14.4. The molecule has 24 heavy (non-hydrogen) atoms. The zero-order valence-corrected chi connectivity index (χ0v) is 16.0. The number of anilines is 1. The van der Waals surface area contributed by atoms with Crippen LogP contribution < -0.4 is 5.32 Å². The van der Waals surface area contributed by atoms with Crippen LogP contribution in [0.1, 0.15) is 59.2 Å². The van der Waals surface area contributed by atoms with Gasteiger partial charge in [0.05, 0.1) is 4.88 Å². The molecule has 0 bridgehead atoms. The Morgan fingerprint density at radius 1 is 1.38 bits per heavy atom. The standard InChI is InChI=1S/C17H24N4OS2/c1-4-15-19-20-17(24-15)18-16(22)14-8-7-13(23-14)12-6-5-9-21(12)10-11(2)3/h7-8,11-12H,4-6,9-10H2,1-3H3,(H,18,20,22)/t12-/m1/s1. The summed E-state index contributed by atoms with van der Waals surface area (Å²) in [5, 5.41) is 12.4. The molecule has 0 aromatic carbocycles. The Kier molecular flexibility index (Phi) is 5.63. The van der Waals surface area contributed by atoms with Gasteiger partial charge in [0.15, 0.2) is 0 Å². The van der Waals surface area contributed by atoms with Crippen molar-refractivity contribution in [3.63, 3.8) is 0 Å². The van der Waals surface area contributed by atoms with Crippen molar-refractivity contribution in [2.24, 2.45) is 5.92 Å². The smallest absolute Gasteiger partial charge is 0.267 e. The van der Waals surface area contributed by atoms with Crippen LogP contribution >= 0.6 is 22.7 Å². The number of aromatic nitrogens is 2. The van der Waals surface area contributed by atoms with Crippen LogP contribution in [0.3, 0.4) is 0 Å². The number of aryl methyl sites for hydroxylation is 1. The van der Waals surface area contributed by atoms with Gasteiger partial charge in [-0.1, -0.05) is 32.1 Å². The Bertz CT molecular complexity index is 694. The Hall–Kier alpha value is -1.31. The molecule has 3 rings (SSSR count). The molecule has 0 radical (unpaired) electrons. The second kappa shape index (κ2) is 7.72. The zero-order chi connectivity index (χ0) is 17.1. The summed E-state index contributed by atoms with van der Waals surface area (Å²) in [6, 6.07) is 4.51. The lowest BCUT2D eigenvalue weighted by Gasteiger charge is -2.25. The molecule has 0 aliphatic carbocycles. The maximum Gasteiger partial charge on any atom is 0.267 e. The minimum absolute atomic E-state index is 0.0848. The molecule has 1 fully saturated rings. The van der Waals surface area contributed by atoms with Crippen LogP contribution in [0.4, 0.5) is 5.13 Å². The highest BCUT2D eigenvalue weighted by Crippen LogP contribution is 2.36. The van der Waals surface area contributed by atoms with Gasteiger partial charge in [0.25, 0.3) is 5.91 Å². The molecule has 0 spiro atoms. The normalized spacial score (nSPS) is 18.4. The third kappa shape index (κ3) is 4.02. The molecule has 5 nitrogen and oxygen atoms in total. The second-order valence-electron chi connectivity index (χ2n) is 6.56. The quantitative estimate of drug-likeness (QED) is 0.834. The summed E-state index contributed by atoms with van der Waals surface area (Å²) < 4.78 is 0. The van der Waals surface area contributed by atoms with Crippen molar-refractivity contribution in [2.45, 2.75) is 46.1 Å². The summed E-state index contributed by atoms with van der Waals surface area (Å²) >= 11 is 3.04. The molecule has 0 unspecified atom stereocenters. The van der Waals surface area contributed by atoms with Crippen molar-refractivity contribution in [3.8, 4) is 0 Å². The molecule has 1 aliphatic rings. The molecule has 1 N–H and O–H groups in total. The van der Waals surface area contributed by atoms with E-state index in [4.69, 9.17) is 0 Å². The largest absolute Gasteiger partial charge is 0.296 e. The van der Waals surface area contributed by atoms with Crippen molar-refractivity contribution in [2.75, 3.05) is 18.4 Å². The molecule has 1 atom stereocenters. The summed E-state index contributed by atoms with van der Waals surface area (Å²) in [4.78, 5) is 17.0. The second-order valence-corrected chi connectivity index (χ2v) is 8.73. The van der Waals surface area contributed by atoms with Gasteiger partial charge in [-0.3, -0.25) is 15.0 Å². The van der Waals surface area contributed by atoms with Gasteiger partial charge < -0.3 is 0 Å². The van der Waals surface area contributed by atoms with E-state index < -0.39 is 0 Å². The van der Waals surface area contributed by atoms with Crippen LogP contribution in [0.25, 0.3) is 0 Å². The van der Waals surface area contributed by atoms with Gasteiger partial charge in [-0.15, -0.1) is 21.5 Å². The molecule has 130 valence electrons. The van der Waals surface area contributed by atoms with Crippen LogP contribution in [0.5, 0.6) is 0 Å². The third-order valence-electron chi connectivity index (χ3n) is 4.13. The Balaban J connectivity index is 1.67. The number of nitrogens with zero attached hydrogens (tertiary/aromatic N) is 3. The summed E-state index contributed by atoms with van der Waals surface area (Å²) in [5.74, 6) is 0.581. The van der Waals surface area contributed by atoms with Crippen LogP contribution in [0.15, 0.2) is 12.1 Å². The maximum absolute atomic E-state index is 12.4. The number of carbonyl (C=O) groups is 1. The van der Waals surface area contributed by atoms with Gasteiger partial charge in [0, 0.05) is 17.5 Å². The Morgan fingerprint density at radius 2 is 2.21 bits per heavy atom. The number of amides is 1. The van der Waals surface area contributed by atoms with Crippen molar-refractivity contribution in [3.05, 3.63) is 26.9 Å². The van der Waals surface area contributed by atoms with E-state index in [2.05, 4.69) is 40.3 Å². The fourth-order valence-electron chi connectivity index (χ4n) is 3.10. The highest BCUT2D eigenvalue weighted by atomic mass is 32.1. The molecule has 2 aromatic heterocycles. The van der Waals surface area contributed by atoms with E-state index >= 15 is 0 Å². The van der Waals surface area contributed by atoms with Gasteiger partial charge in [-0.25, -0.2) is 0 Å². The highest BCUT2D eigenvalue weighted by molar-refractivity contribution is 7.16. The van der Waals surface area contributed by atoms with E-state index in [1.807, 2.05) is 13.0 Å². The first-order valence-electron chi connectivity index (χ1n) is 8.54. The molecular weight excluding hydrogens is 340 g/mol. The van der Waals surface area contributed by atoms with Crippen LogP contribution in [-0.2, 0) is 6.42 Å². The molecule has 3 heterocycles. The monoisotopic (exact) mass is 364 g/mol. The molecule has 7 heteroatoms. The predicted octanol–water partition coefficient (Wildman–Crippen LogP) is 4.21. The number of hydrogen-bond donors (Lipinski definition) is 1.